The number of rotatable bonds is 5. The molecule has 2 heteroatoms. The standard InChI is InChI=1S/C18H18O2/c1-3-7-15-13(9-5-11-17(15)19)14-10-6-12-18(20)16(14)8-4-2/h3-6,9-12,19-20H,1-2,7-8H2. The van der Waals surface area contributed by atoms with E-state index in [1.165, 1.54) is 0 Å². The summed E-state index contributed by atoms with van der Waals surface area (Å²) in [6, 6.07) is 10.8. The van der Waals surface area contributed by atoms with E-state index in [1.54, 1.807) is 36.4 Å². The van der Waals surface area contributed by atoms with Crippen molar-refractivity contribution in [3.8, 4) is 22.6 Å². The lowest BCUT2D eigenvalue weighted by Gasteiger charge is -2.14. The van der Waals surface area contributed by atoms with Crippen molar-refractivity contribution in [2.75, 3.05) is 0 Å². The molecule has 2 aromatic rings. The second kappa shape index (κ2) is 6.11. The fourth-order valence-electron chi connectivity index (χ4n) is 2.37. The monoisotopic (exact) mass is 266 g/mol. The van der Waals surface area contributed by atoms with Crippen molar-refractivity contribution < 1.29 is 10.2 Å². The first-order valence-electron chi connectivity index (χ1n) is 6.53. The summed E-state index contributed by atoms with van der Waals surface area (Å²) in [4.78, 5) is 0. The minimum Gasteiger partial charge on any atom is -0.508 e. The molecule has 0 unspecified atom stereocenters. The van der Waals surface area contributed by atoms with Gasteiger partial charge in [-0.1, -0.05) is 36.4 Å². The zero-order valence-electron chi connectivity index (χ0n) is 11.3. The largest absolute Gasteiger partial charge is 0.508 e. The van der Waals surface area contributed by atoms with Crippen LogP contribution in [0.25, 0.3) is 11.1 Å². The SMILES string of the molecule is C=CCc1c(O)cccc1-c1cccc(O)c1CC=C. The molecule has 0 heterocycles. The van der Waals surface area contributed by atoms with Gasteiger partial charge in [-0.25, -0.2) is 0 Å². The topological polar surface area (TPSA) is 40.5 Å². The fraction of sp³-hybridized carbons (Fsp3) is 0.111. The lowest BCUT2D eigenvalue weighted by atomic mass is 9.91. The predicted molar refractivity (Wildman–Crippen MR) is 83.0 cm³/mol. The average Bonchev–Trinajstić information content (AvgIpc) is 2.44. The van der Waals surface area contributed by atoms with E-state index in [0.717, 1.165) is 22.3 Å². The minimum absolute atomic E-state index is 0.246. The Hall–Kier alpha value is -2.48. The first-order valence-corrected chi connectivity index (χ1v) is 6.53. The third kappa shape index (κ3) is 2.59. The summed E-state index contributed by atoms with van der Waals surface area (Å²) < 4.78 is 0. The molecule has 2 aromatic carbocycles. The van der Waals surface area contributed by atoms with Crippen molar-refractivity contribution in [3.05, 3.63) is 72.8 Å². The molecule has 0 saturated carbocycles. The van der Waals surface area contributed by atoms with Crippen LogP contribution in [-0.2, 0) is 12.8 Å². The van der Waals surface area contributed by atoms with Gasteiger partial charge in [-0.15, -0.1) is 13.2 Å². The molecule has 20 heavy (non-hydrogen) atoms. The van der Waals surface area contributed by atoms with Crippen LogP contribution in [0, 0.1) is 0 Å². The maximum absolute atomic E-state index is 10.0. The predicted octanol–water partition coefficient (Wildman–Crippen LogP) is 4.22. The number of allylic oxidation sites excluding steroid dienone is 2. The number of hydrogen-bond acceptors (Lipinski definition) is 2. The molecular weight excluding hydrogens is 248 g/mol. The van der Waals surface area contributed by atoms with Crippen molar-refractivity contribution in [1.29, 1.82) is 0 Å². The van der Waals surface area contributed by atoms with Gasteiger partial charge in [0.25, 0.3) is 0 Å². The van der Waals surface area contributed by atoms with Gasteiger partial charge in [0, 0.05) is 11.1 Å². The van der Waals surface area contributed by atoms with Gasteiger partial charge in [-0.2, -0.15) is 0 Å². The van der Waals surface area contributed by atoms with Crippen LogP contribution in [0.2, 0.25) is 0 Å². The minimum atomic E-state index is 0.246. The summed E-state index contributed by atoms with van der Waals surface area (Å²) in [6.07, 6.45) is 4.67. The Balaban J connectivity index is 2.68. The van der Waals surface area contributed by atoms with Crippen LogP contribution in [0.1, 0.15) is 11.1 Å². The first kappa shape index (κ1) is 13.9. The maximum Gasteiger partial charge on any atom is 0.119 e. The Morgan fingerprint density at radius 3 is 1.50 bits per heavy atom. The van der Waals surface area contributed by atoms with Crippen molar-refractivity contribution >= 4 is 0 Å². The fourth-order valence-corrected chi connectivity index (χ4v) is 2.37. The Morgan fingerprint density at radius 2 is 1.15 bits per heavy atom. The third-order valence-corrected chi connectivity index (χ3v) is 3.29. The molecule has 0 aliphatic carbocycles. The first-order chi connectivity index (χ1) is 9.69. The summed E-state index contributed by atoms with van der Waals surface area (Å²) in [7, 11) is 0. The van der Waals surface area contributed by atoms with Crippen molar-refractivity contribution in [2.45, 2.75) is 12.8 Å². The van der Waals surface area contributed by atoms with Crippen molar-refractivity contribution in [3.63, 3.8) is 0 Å². The molecule has 2 N–H and O–H groups in total. The zero-order chi connectivity index (χ0) is 14.5. The molecule has 0 fully saturated rings. The Kier molecular flexibility index (Phi) is 4.26. The van der Waals surface area contributed by atoms with E-state index in [9.17, 15) is 10.2 Å². The van der Waals surface area contributed by atoms with E-state index in [-0.39, 0.29) is 11.5 Å². The highest BCUT2D eigenvalue weighted by atomic mass is 16.3. The summed E-state index contributed by atoms with van der Waals surface area (Å²) in [5.41, 5.74) is 3.46. The van der Waals surface area contributed by atoms with Gasteiger partial charge in [-0.3, -0.25) is 0 Å². The third-order valence-electron chi connectivity index (χ3n) is 3.29. The molecule has 0 spiro atoms. The normalized spacial score (nSPS) is 10.2. The second-order valence-corrected chi connectivity index (χ2v) is 4.59. The quantitative estimate of drug-likeness (QED) is 0.795. The molecule has 2 rings (SSSR count). The van der Waals surface area contributed by atoms with Gasteiger partial charge in [0.2, 0.25) is 0 Å². The van der Waals surface area contributed by atoms with Crippen LogP contribution in [0.3, 0.4) is 0 Å². The molecule has 0 saturated heterocycles. The van der Waals surface area contributed by atoms with E-state index in [4.69, 9.17) is 0 Å². The van der Waals surface area contributed by atoms with E-state index in [0.29, 0.717) is 12.8 Å². The van der Waals surface area contributed by atoms with E-state index < -0.39 is 0 Å². The average molecular weight is 266 g/mol. The number of benzene rings is 2. The molecule has 0 amide bonds. The molecule has 0 atom stereocenters. The summed E-state index contributed by atoms with van der Waals surface area (Å²) in [5.74, 6) is 0.491. The lowest BCUT2D eigenvalue weighted by molar-refractivity contribution is 0.468. The Labute approximate surface area is 119 Å². The molecule has 0 aliphatic rings. The van der Waals surface area contributed by atoms with E-state index >= 15 is 0 Å². The van der Waals surface area contributed by atoms with Gasteiger partial charge in [0.15, 0.2) is 0 Å². The van der Waals surface area contributed by atoms with Crippen LogP contribution in [-0.4, -0.2) is 10.2 Å². The lowest BCUT2D eigenvalue weighted by Crippen LogP contribution is -1.94. The number of hydrogen-bond donors (Lipinski definition) is 2. The zero-order valence-corrected chi connectivity index (χ0v) is 11.3. The molecule has 0 aromatic heterocycles. The maximum atomic E-state index is 10.0. The van der Waals surface area contributed by atoms with Crippen LogP contribution in [0.15, 0.2) is 61.7 Å². The highest BCUT2D eigenvalue weighted by molar-refractivity contribution is 5.75. The van der Waals surface area contributed by atoms with Crippen LogP contribution in [0.5, 0.6) is 11.5 Å². The summed E-state index contributed by atoms with van der Waals surface area (Å²) in [6.45, 7) is 7.46. The Bertz CT molecular complexity index is 584. The molecule has 0 aliphatic heterocycles. The number of phenols is 2. The van der Waals surface area contributed by atoms with Crippen molar-refractivity contribution in [2.24, 2.45) is 0 Å². The van der Waals surface area contributed by atoms with Gasteiger partial charge in [-0.05, 0) is 36.1 Å². The molecule has 2 nitrogen and oxygen atoms in total. The van der Waals surface area contributed by atoms with Crippen LogP contribution < -0.4 is 0 Å². The molecule has 0 radical (unpaired) electrons. The number of aromatic hydroxyl groups is 2. The molecule has 102 valence electrons. The highest BCUT2D eigenvalue weighted by Crippen LogP contribution is 2.36. The number of phenolic OH excluding ortho intramolecular Hbond substituents is 2. The molecule has 0 bridgehead atoms. The summed E-state index contributed by atoms with van der Waals surface area (Å²) in [5, 5.41) is 20.1. The van der Waals surface area contributed by atoms with Crippen molar-refractivity contribution in [1.82, 2.24) is 0 Å². The van der Waals surface area contributed by atoms with Crippen LogP contribution >= 0.6 is 0 Å². The van der Waals surface area contributed by atoms with Gasteiger partial charge >= 0.3 is 0 Å². The molecular formula is C18H18O2. The second-order valence-electron chi connectivity index (χ2n) is 4.59. The smallest absolute Gasteiger partial charge is 0.119 e. The van der Waals surface area contributed by atoms with E-state index in [2.05, 4.69) is 13.2 Å². The van der Waals surface area contributed by atoms with Gasteiger partial charge in [0.05, 0.1) is 0 Å². The van der Waals surface area contributed by atoms with E-state index in [1.807, 2.05) is 12.1 Å². The summed E-state index contributed by atoms with van der Waals surface area (Å²) >= 11 is 0. The Morgan fingerprint density at radius 1 is 0.750 bits per heavy atom. The van der Waals surface area contributed by atoms with Crippen LogP contribution in [0.4, 0.5) is 0 Å². The van der Waals surface area contributed by atoms with Gasteiger partial charge in [0.1, 0.15) is 11.5 Å². The van der Waals surface area contributed by atoms with Gasteiger partial charge < -0.3 is 10.2 Å². The highest BCUT2D eigenvalue weighted by Gasteiger charge is 2.13.